The van der Waals surface area contributed by atoms with E-state index in [9.17, 15) is 5.11 Å². The molecule has 1 aliphatic heterocycles. The van der Waals surface area contributed by atoms with E-state index < -0.39 is 6.29 Å². The molecule has 0 aliphatic carbocycles. The van der Waals surface area contributed by atoms with Gasteiger partial charge in [-0.25, -0.2) is 4.98 Å². The van der Waals surface area contributed by atoms with E-state index in [0.717, 1.165) is 38.5 Å². The summed E-state index contributed by atoms with van der Waals surface area (Å²) in [5.74, 6) is 0.773. The van der Waals surface area contributed by atoms with Gasteiger partial charge in [0.1, 0.15) is 11.0 Å². The lowest BCUT2D eigenvalue weighted by molar-refractivity contribution is -0.0769. The van der Waals surface area contributed by atoms with Crippen LogP contribution in [0.4, 0.5) is 5.82 Å². The molecule has 1 saturated heterocycles. The number of piperazine rings is 1. The highest BCUT2D eigenvalue weighted by Crippen LogP contribution is 2.24. The molecule has 1 fully saturated rings. The van der Waals surface area contributed by atoms with Crippen LogP contribution >= 0.6 is 11.6 Å². The largest absolute Gasteiger partial charge is 0.364 e. The van der Waals surface area contributed by atoms with Crippen molar-refractivity contribution in [3.63, 3.8) is 0 Å². The summed E-state index contributed by atoms with van der Waals surface area (Å²) in [6, 6.07) is 7.51. The van der Waals surface area contributed by atoms with Crippen LogP contribution in [0.25, 0.3) is 0 Å². The second kappa shape index (κ2) is 7.90. The van der Waals surface area contributed by atoms with E-state index in [1.807, 2.05) is 18.3 Å². The van der Waals surface area contributed by atoms with Crippen LogP contribution in [0.1, 0.15) is 17.4 Å². The number of aliphatic hydroxyl groups is 1. The molecule has 0 bridgehead atoms. The Morgan fingerprint density at radius 2 is 2.08 bits per heavy atom. The number of rotatable bonds is 5. The van der Waals surface area contributed by atoms with Crippen molar-refractivity contribution < 1.29 is 9.84 Å². The Morgan fingerprint density at radius 3 is 2.75 bits per heavy atom. The second-order valence-corrected chi connectivity index (χ2v) is 6.18. The molecule has 1 aliphatic rings. The topological polar surface area (TPSA) is 61.7 Å². The summed E-state index contributed by atoms with van der Waals surface area (Å²) >= 11 is 6.08. The Balaban J connectivity index is 1.63. The SMILES string of the molecule is COC(O)c1cc(Cl)nc(N2CCN(Cc3cccnc3)CC2)c1. The molecule has 0 radical (unpaired) electrons. The van der Waals surface area contributed by atoms with Crippen molar-refractivity contribution in [2.45, 2.75) is 12.8 Å². The lowest BCUT2D eigenvalue weighted by Crippen LogP contribution is -2.46. The van der Waals surface area contributed by atoms with Gasteiger partial charge in [-0.1, -0.05) is 17.7 Å². The minimum absolute atomic E-state index is 0.358. The van der Waals surface area contributed by atoms with E-state index in [2.05, 4.69) is 25.8 Å². The van der Waals surface area contributed by atoms with Gasteiger partial charge in [0.2, 0.25) is 0 Å². The van der Waals surface area contributed by atoms with Gasteiger partial charge in [-0.2, -0.15) is 0 Å². The van der Waals surface area contributed by atoms with E-state index in [1.54, 1.807) is 12.3 Å². The summed E-state index contributed by atoms with van der Waals surface area (Å²) in [7, 11) is 1.45. The van der Waals surface area contributed by atoms with Crippen molar-refractivity contribution in [3.05, 3.63) is 52.9 Å². The van der Waals surface area contributed by atoms with Crippen molar-refractivity contribution in [1.82, 2.24) is 14.9 Å². The number of hydrogen-bond acceptors (Lipinski definition) is 6. The molecule has 1 unspecified atom stereocenters. The number of methoxy groups -OCH3 is 1. The van der Waals surface area contributed by atoms with E-state index in [0.29, 0.717) is 10.7 Å². The standard InChI is InChI=1S/C17H21ClN4O2/c1-24-17(23)14-9-15(18)20-16(10-14)22-7-5-21(6-8-22)12-13-3-2-4-19-11-13/h2-4,9-11,17,23H,5-8,12H2,1H3. The van der Waals surface area contributed by atoms with Crippen molar-refractivity contribution in [2.75, 3.05) is 38.2 Å². The van der Waals surface area contributed by atoms with Crippen LogP contribution in [0.5, 0.6) is 0 Å². The summed E-state index contributed by atoms with van der Waals surface area (Å²) in [6.45, 7) is 4.49. The maximum atomic E-state index is 9.84. The highest BCUT2D eigenvalue weighted by Gasteiger charge is 2.20. The summed E-state index contributed by atoms with van der Waals surface area (Å²) in [6.07, 6.45) is 2.71. The van der Waals surface area contributed by atoms with Crippen molar-refractivity contribution in [3.8, 4) is 0 Å². The average Bonchev–Trinajstić information content (AvgIpc) is 2.62. The van der Waals surface area contributed by atoms with E-state index in [4.69, 9.17) is 16.3 Å². The first-order valence-corrected chi connectivity index (χ1v) is 8.28. The fourth-order valence-electron chi connectivity index (χ4n) is 2.83. The van der Waals surface area contributed by atoms with Crippen molar-refractivity contribution in [1.29, 1.82) is 0 Å². The van der Waals surface area contributed by atoms with Crippen molar-refractivity contribution in [2.24, 2.45) is 0 Å². The first-order valence-electron chi connectivity index (χ1n) is 7.90. The molecule has 2 aromatic heterocycles. The van der Waals surface area contributed by atoms with Gasteiger partial charge >= 0.3 is 0 Å². The molecular formula is C17H21ClN4O2. The number of anilines is 1. The zero-order valence-corrected chi connectivity index (χ0v) is 14.4. The van der Waals surface area contributed by atoms with Gasteiger partial charge in [-0.05, 0) is 23.8 Å². The third kappa shape index (κ3) is 4.21. The summed E-state index contributed by atoms with van der Waals surface area (Å²) in [5, 5.41) is 10.2. The van der Waals surface area contributed by atoms with Crippen LogP contribution in [0.15, 0.2) is 36.7 Å². The zero-order chi connectivity index (χ0) is 16.9. The highest BCUT2D eigenvalue weighted by molar-refractivity contribution is 6.29. The van der Waals surface area contributed by atoms with E-state index >= 15 is 0 Å². The number of nitrogens with zero attached hydrogens (tertiary/aromatic N) is 4. The van der Waals surface area contributed by atoms with E-state index in [-0.39, 0.29) is 0 Å². The third-order valence-electron chi connectivity index (χ3n) is 4.14. The van der Waals surface area contributed by atoms with E-state index in [1.165, 1.54) is 12.7 Å². The molecule has 0 spiro atoms. The lowest BCUT2D eigenvalue weighted by atomic mass is 10.2. The predicted octanol–water partition coefficient (Wildman–Crippen LogP) is 2.09. The van der Waals surface area contributed by atoms with Crippen LogP contribution in [0, 0.1) is 0 Å². The summed E-state index contributed by atoms with van der Waals surface area (Å²) < 4.78 is 4.95. The third-order valence-corrected chi connectivity index (χ3v) is 4.33. The Bertz CT molecular complexity index is 663. The molecule has 2 aromatic rings. The van der Waals surface area contributed by atoms with Crippen LogP contribution in [0.2, 0.25) is 5.15 Å². The van der Waals surface area contributed by atoms with Gasteiger partial charge in [-0.15, -0.1) is 0 Å². The highest BCUT2D eigenvalue weighted by atomic mass is 35.5. The summed E-state index contributed by atoms with van der Waals surface area (Å²) in [5.41, 5.74) is 1.84. The van der Waals surface area contributed by atoms with Gasteiger partial charge < -0.3 is 14.7 Å². The first-order chi connectivity index (χ1) is 11.7. The Kier molecular flexibility index (Phi) is 5.63. The monoisotopic (exact) mass is 348 g/mol. The minimum Gasteiger partial charge on any atom is -0.364 e. The molecule has 0 aromatic carbocycles. The Hall–Kier alpha value is -1.73. The molecule has 7 heteroatoms. The molecular weight excluding hydrogens is 328 g/mol. The number of aromatic nitrogens is 2. The quantitative estimate of drug-likeness (QED) is 0.659. The van der Waals surface area contributed by atoms with Gasteiger partial charge in [0.25, 0.3) is 0 Å². The molecule has 1 atom stereocenters. The smallest absolute Gasteiger partial charge is 0.181 e. The molecule has 6 nitrogen and oxygen atoms in total. The molecule has 0 saturated carbocycles. The zero-order valence-electron chi connectivity index (χ0n) is 13.6. The molecule has 3 rings (SSSR count). The fourth-order valence-corrected chi connectivity index (χ4v) is 3.04. The fraction of sp³-hybridized carbons (Fsp3) is 0.412. The molecule has 128 valence electrons. The number of pyridine rings is 2. The number of ether oxygens (including phenoxy) is 1. The maximum absolute atomic E-state index is 9.84. The predicted molar refractivity (Wildman–Crippen MR) is 92.9 cm³/mol. The first kappa shape index (κ1) is 17.1. The van der Waals surface area contributed by atoms with Gasteiger partial charge in [-0.3, -0.25) is 9.88 Å². The average molecular weight is 349 g/mol. The number of halogens is 1. The maximum Gasteiger partial charge on any atom is 0.181 e. The molecule has 24 heavy (non-hydrogen) atoms. The van der Waals surface area contributed by atoms with Gasteiger partial charge in [0, 0.05) is 57.8 Å². The molecule has 1 N–H and O–H groups in total. The minimum atomic E-state index is -0.990. The van der Waals surface area contributed by atoms with Crippen LogP contribution in [-0.4, -0.2) is 53.3 Å². The molecule has 0 amide bonds. The van der Waals surface area contributed by atoms with Crippen LogP contribution in [-0.2, 0) is 11.3 Å². The van der Waals surface area contributed by atoms with Gasteiger partial charge in [0.05, 0.1) is 0 Å². The second-order valence-electron chi connectivity index (χ2n) is 5.79. The lowest BCUT2D eigenvalue weighted by Gasteiger charge is -2.35. The number of aliphatic hydroxyl groups excluding tert-OH is 1. The van der Waals surface area contributed by atoms with Crippen LogP contribution in [0.3, 0.4) is 0 Å². The van der Waals surface area contributed by atoms with Crippen molar-refractivity contribution >= 4 is 17.4 Å². The van der Waals surface area contributed by atoms with Gasteiger partial charge in [0.15, 0.2) is 6.29 Å². The Labute approximate surface area is 146 Å². The normalized spacial score (nSPS) is 17.0. The Morgan fingerprint density at radius 1 is 1.29 bits per heavy atom. The number of hydrogen-bond donors (Lipinski definition) is 1. The van der Waals surface area contributed by atoms with Crippen LogP contribution < -0.4 is 4.90 Å². The summed E-state index contributed by atoms with van der Waals surface area (Å²) in [4.78, 5) is 13.1. The molecule has 3 heterocycles.